The van der Waals surface area contributed by atoms with Crippen molar-refractivity contribution in [3.8, 4) is 68.5 Å². The van der Waals surface area contributed by atoms with Crippen molar-refractivity contribution in [1.29, 1.82) is 0 Å². The molecule has 3 fully saturated rings. The molecule has 3 aliphatic rings. The Kier molecular flexibility index (Phi) is 33.5. The molecule has 6 aromatic carbocycles. The lowest BCUT2D eigenvalue weighted by atomic mass is 9.71. The minimum Gasteiger partial charge on any atom is -0.493 e. The van der Waals surface area contributed by atoms with Crippen molar-refractivity contribution in [1.82, 2.24) is 94.2 Å². The number of aromatic amines is 4. The number of ether oxygens (including phenoxy) is 4. The predicted octanol–water partition coefficient (Wildman–Crippen LogP) is 15.4. The number of hydrogen-bond donors (Lipinski definition) is 9. The molecule has 36 nitrogen and oxygen atoms in total. The number of thiophene rings is 1. The fourth-order valence-electron chi connectivity index (χ4n) is 19.2. The molecule has 770 valence electrons. The number of nitrogens with one attached hydrogen (secondary N) is 7. The van der Waals surface area contributed by atoms with Crippen molar-refractivity contribution in [2.24, 2.45) is 51.9 Å². The number of rotatable bonds is 35. The van der Waals surface area contributed by atoms with Gasteiger partial charge < -0.3 is 71.2 Å². The molecule has 2 aliphatic carbocycles. The van der Waals surface area contributed by atoms with Gasteiger partial charge in [0.25, 0.3) is 28.1 Å². The van der Waals surface area contributed by atoms with Gasteiger partial charge in [-0.3, -0.25) is 66.9 Å². The summed E-state index contributed by atoms with van der Waals surface area (Å²) in [5.41, 5.74) is 29.0. The van der Waals surface area contributed by atoms with E-state index in [0.717, 1.165) is 157 Å². The Hall–Kier alpha value is -16.2. The van der Waals surface area contributed by atoms with Crippen LogP contribution < -0.4 is 68.6 Å². The Labute approximate surface area is 856 Å². The molecule has 11 heterocycles. The molecule has 38 heteroatoms. The van der Waals surface area contributed by atoms with Crippen LogP contribution >= 0.6 is 11.3 Å². The molecule has 10 aromatic heterocycles. The number of carbonyl (C=O) groups excluding carboxylic acids is 5. The number of benzene rings is 6. The van der Waals surface area contributed by atoms with Gasteiger partial charge in [0, 0.05) is 94.2 Å². The van der Waals surface area contributed by atoms with E-state index in [-0.39, 0.29) is 94.2 Å². The Bertz CT molecular complexity index is 7840. The van der Waals surface area contributed by atoms with Crippen LogP contribution in [0.4, 0.5) is 27.1 Å². The van der Waals surface area contributed by atoms with Gasteiger partial charge in [-0.15, -0.1) is 11.3 Å². The largest absolute Gasteiger partial charge is 0.493 e. The fraction of sp³-hybridized carbons (Fsp3) is 0.364. The number of ketones is 1. The number of fused-ring (bicyclic) bond motifs is 4. The van der Waals surface area contributed by atoms with Gasteiger partial charge in [-0.1, -0.05) is 95.8 Å². The Morgan fingerprint density at radius 2 is 0.865 bits per heavy atom. The van der Waals surface area contributed by atoms with E-state index in [0.29, 0.717) is 176 Å². The first-order chi connectivity index (χ1) is 71.5. The van der Waals surface area contributed by atoms with E-state index in [4.69, 9.17) is 50.4 Å². The number of piperazine rings is 1. The average molecular weight is 2030 g/mol. The third-order valence-electron chi connectivity index (χ3n) is 26.3. The number of Topliss-reactive ketones (excluding diaryl/α,β-unsaturated/α-hetero) is 1. The van der Waals surface area contributed by atoms with E-state index in [1.165, 1.54) is 29.5 Å². The van der Waals surface area contributed by atoms with Gasteiger partial charge in [0.05, 0.1) is 101 Å². The van der Waals surface area contributed by atoms with Gasteiger partial charge in [0.2, 0.25) is 17.7 Å². The van der Waals surface area contributed by atoms with E-state index in [1.54, 1.807) is 70.1 Å². The Balaban J connectivity index is 0.000000141. The van der Waals surface area contributed by atoms with Gasteiger partial charge in [0.1, 0.15) is 80.0 Å². The number of halogens is 1. The first-order valence-electron chi connectivity index (χ1n) is 50.4. The first-order valence-corrected chi connectivity index (χ1v) is 51.4. The molecule has 16 aromatic rings. The normalized spacial score (nSPS) is 14.7. The second-order valence-electron chi connectivity index (χ2n) is 37.4. The molecule has 1 aliphatic heterocycles. The number of H-pyrrole nitrogens is 4. The predicted molar refractivity (Wildman–Crippen MR) is 570 cm³/mol. The number of aryl methyl sites for hydroxylation is 8. The second kappa shape index (κ2) is 47.4. The molecule has 4 amide bonds. The second-order valence-corrected chi connectivity index (χ2v) is 38.1. The standard InChI is InChI=1S/C31H31FN6O3.C27H34N6O4.C27H32N6O3S.C25H27N5O3/c1-4-6-24-27-28(38(3)37-24)31(40)36-29(35-27)22-16-19(9-14-26(22)41-5-2)15-18-7-10-20(11-8-18)30(39)34-25-17-21(32)12-13-23(25)33;1-4-6-20-23-24(32(3)31-20)26(35)30-25(29-23)19-14-16(7-8-21(19)37-5-2)11-17-12-18(13-17)27(36)33-10-9-28-22(34)15-33;1-4-6-20-23-24(33(3)32-20)27(35)31-25(30-23)18-12-15(7-8-22(18)36-5-2)9-16-10-17(11-16)26(34)29-21-14-37-13-19(21)28;1-4-8-20-22-23(30(3)29-20)25(32)28-24(27-22)19-14-16(10-11-21(19)33-5-2)13-18(31)15-17-9-6-7-12-26-17/h7-14,16-17H,4-6,15,33H2,1-3H3,(H,34,39)(H,35,36,40);7-8,14,17-18H,4-6,9-13,15H2,1-3H3,(H,28,34)(H,29,30,35);7-8,12-14,16-17H,4-6,9-11,28H2,1-3H3,(H,29,34)(H,30,31,35);6-7,9-12,14H,4-5,8,13,15H2,1-3H3,(H,27,28,32). The monoisotopic (exact) mass is 2030 g/mol. The van der Waals surface area contributed by atoms with Crippen LogP contribution in [0.15, 0.2) is 170 Å². The van der Waals surface area contributed by atoms with Crippen molar-refractivity contribution in [2.45, 2.75) is 165 Å². The summed E-state index contributed by atoms with van der Waals surface area (Å²) in [5, 5.41) is 30.1. The highest BCUT2D eigenvalue weighted by Gasteiger charge is 2.39. The quantitative estimate of drug-likeness (QED) is 0.0167. The minimum atomic E-state index is -0.486. The summed E-state index contributed by atoms with van der Waals surface area (Å²) < 4.78 is 43.4. The molecule has 0 atom stereocenters. The third kappa shape index (κ3) is 24.1. The average Bonchev–Trinajstić information content (AvgIpc) is 1.61. The molecule has 0 radical (unpaired) electrons. The minimum absolute atomic E-state index is 0.00513. The lowest BCUT2D eigenvalue weighted by Gasteiger charge is -2.38. The molecule has 0 unspecified atom stereocenters. The van der Waals surface area contributed by atoms with Crippen LogP contribution in [0.5, 0.6) is 23.0 Å². The highest BCUT2D eigenvalue weighted by atomic mass is 32.1. The molecule has 0 spiro atoms. The molecule has 2 saturated carbocycles. The zero-order chi connectivity index (χ0) is 105. The van der Waals surface area contributed by atoms with E-state index in [9.17, 15) is 47.5 Å². The van der Waals surface area contributed by atoms with Crippen molar-refractivity contribution < 1.29 is 47.3 Å². The molecule has 148 heavy (non-hydrogen) atoms. The van der Waals surface area contributed by atoms with Gasteiger partial charge in [0.15, 0.2) is 22.1 Å². The van der Waals surface area contributed by atoms with E-state index >= 15 is 0 Å². The van der Waals surface area contributed by atoms with Gasteiger partial charge in [-0.25, -0.2) is 24.3 Å². The maximum absolute atomic E-state index is 13.6. The number of nitrogens with zero attached hydrogens (tertiary/aromatic N) is 14. The number of aromatic nitrogens is 17. The molecular formula is C110H124FN23O13S. The van der Waals surface area contributed by atoms with E-state index < -0.39 is 5.82 Å². The van der Waals surface area contributed by atoms with Crippen LogP contribution in [-0.4, -0.2) is 164 Å². The topological polar surface area (TPSA) is 481 Å². The van der Waals surface area contributed by atoms with Crippen LogP contribution in [0.3, 0.4) is 0 Å². The zero-order valence-corrected chi connectivity index (χ0v) is 86.0. The number of hydrogen-bond acceptors (Lipinski definition) is 25. The Morgan fingerprint density at radius 3 is 1.27 bits per heavy atom. The van der Waals surface area contributed by atoms with Crippen LogP contribution in [0.2, 0.25) is 0 Å². The van der Waals surface area contributed by atoms with Crippen LogP contribution in [-0.2, 0) is 105 Å². The smallest absolute Gasteiger partial charge is 0.277 e. The highest BCUT2D eigenvalue weighted by Crippen LogP contribution is 2.43. The summed E-state index contributed by atoms with van der Waals surface area (Å²) in [6.07, 6.45) is 14.3. The molecule has 1 saturated heterocycles. The number of carbonyl (C=O) groups is 5. The molecule has 19 rings (SSSR count). The van der Waals surface area contributed by atoms with Crippen LogP contribution in [0, 0.1) is 29.5 Å². The molecule has 0 bridgehead atoms. The number of amides is 4. The maximum atomic E-state index is 13.6. The van der Waals surface area contributed by atoms with Crippen molar-refractivity contribution in [3.63, 3.8) is 0 Å². The number of nitrogen functional groups attached to an aromatic ring is 2. The van der Waals surface area contributed by atoms with Gasteiger partial charge in [-0.05, 0) is 229 Å². The summed E-state index contributed by atoms with van der Waals surface area (Å²) >= 11 is 1.48. The lowest BCUT2D eigenvalue weighted by Crippen LogP contribution is -2.53. The summed E-state index contributed by atoms with van der Waals surface area (Å²) in [4.78, 5) is 151. The first kappa shape index (κ1) is 105. The highest BCUT2D eigenvalue weighted by molar-refractivity contribution is 7.09. The summed E-state index contributed by atoms with van der Waals surface area (Å²) in [7, 11) is 7.03. The summed E-state index contributed by atoms with van der Waals surface area (Å²) in [6.45, 7) is 19.1. The van der Waals surface area contributed by atoms with Crippen LogP contribution in [0.25, 0.3) is 89.7 Å². The zero-order valence-electron chi connectivity index (χ0n) is 85.2. The number of nitrogens with two attached hydrogens (primary N) is 2. The fourth-order valence-corrected chi connectivity index (χ4v) is 19.9. The summed E-state index contributed by atoms with van der Waals surface area (Å²) in [5.74, 6) is 4.32. The van der Waals surface area contributed by atoms with Gasteiger partial charge >= 0.3 is 0 Å². The van der Waals surface area contributed by atoms with E-state index in [2.05, 4.69) is 95.0 Å². The van der Waals surface area contributed by atoms with Crippen molar-refractivity contribution >= 4 is 108 Å². The number of anilines is 4. The van der Waals surface area contributed by atoms with Gasteiger partial charge in [-0.2, -0.15) is 20.4 Å². The maximum Gasteiger partial charge on any atom is 0.277 e. The van der Waals surface area contributed by atoms with Crippen molar-refractivity contribution in [3.05, 3.63) is 259 Å². The molecule has 11 N–H and O–H groups in total. The van der Waals surface area contributed by atoms with Crippen molar-refractivity contribution in [2.75, 3.05) is 68.2 Å². The summed E-state index contributed by atoms with van der Waals surface area (Å²) in [6, 6.07) is 39.9. The Morgan fingerprint density at radius 1 is 0.453 bits per heavy atom. The number of pyridine rings is 1. The van der Waals surface area contributed by atoms with Crippen LogP contribution in [0.1, 0.15) is 173 Å². The third-order valence-corrected chi connectivity index (χ3v) is 27.1. The molecular weight excluding hydrogens is 1900 g/mol. The lowest BCUT2D eigenvalue weighted by molar-refractivity contribution is -0.144. The SMILES string of the molecule is CCCc1nn(C)c2c(=O)[nH]c(-c3cc(CC(=O)Cc4ccccn4)ccc3OCC)nc12.CCCc1nn(C)c2c(=O)[nH]c(-c3cc(CC4CC(C(=O)N5CCNC(=O)C5)C4)ccc3OCC)nc12.CCCc1nn(C)c2c(=O)[nH]c(-c3cc(CC4CC(C(=O)Nc5cscc5N)C4)ccc3OCC)nc12.CCCc1nn(C)c2c(=O)[nH]c(-c3cc(Cc4ccc(C(=O)Nc5cc(F)ccc5N)cc4)ccc3OCC)nc12. The van der Waals surface area contributed by atoms with E-state index in [1.807, 2.05) is 136 Å².